The molecular formula is C13H21N3O2S. The molecule has 2 atom stereocenters. The average Bonchev–Trinajstić information content (AvgIpc) is 2.38. The Kier molecular flexibility index (Phi) is 4.42. The van der Waals surface area contributed by atoms with Crippen molar-refractivity contribution in [2.45, 2.75) is 50.1 Å². The summed E-state index contributed by atoms with van der Waals surface area (Å²) in [6.45, 7) is 2.15. The van der Waals surface area contributed by atoms with Crippen LogP contribution >= 0.6 is 0 Å². The number of anilines is 1. The Morgan fingerprint density at radius 1 is 1.47 bits per heavy atom. The van der Waals surface area contributed by atoms with Crippen molar-refractivity contribution in [2.24, 2.45) is 5.92 Å². The van der Waals surface area contributed by atoms with Crippen LogP contribution in [0.15, 0.2) is 23.4 Å². The number of nitrogens with zero attached hydrogens (tertiary/aromatic N) is 1. The minimum atomic E-state index is -3.61. The van der Waals surface area contributed by atoms with Crippen LogP contribution in [0.5, 0.6) is 0 Å². The quantitative estimate of drug-likeness (QED) is 0.884. The molecule has 1 aliphatic carbocycles. The van der Waals surface area contributed by atoms with Crippen molar-refractivity contribution in [1.82, 2.24) is 9.71 Å². The second kappa shape index (κ2) is 5.88. The molecule has 0 aromatic carbocycles. The van der Waals surface area contributed by atoms with Crippen LogP contribution in [0.2, 0.25) is 0 Å². The Labute approximate surface area is 114 Å². The van der Waals surface area contributed by atoms with E-state index in [1.165, 1.54) is 12.6 Å². The molecule has 0 amide bonds. The molecule has 1 aromatic rings. The molecule has 5 nitrogen and oxygen atoms in total. The molecule has 0 aliphatic heterocycles. The standard InChI is InChI=1S/C13H21N3O2S/c1-2-10-5-3-6-11(9-10)16-19(17,18)13-12(14)7-4-8-15-13/h4,7-8,10-11,16H,2-3,5-6,9,14H2,1H3. The Morgan fingerprint density at radius 3 is 2.95 bits per heavy atom. The predicted octanol–water partition coefficient (Wildman–Crippen LogP) is 1.91. The summed E-state index contributed by atoms with van der Waals surface area (Å²) in [6.07, 6.45) is 6.61. The first-order valence-corrected chi connectivity index (χ1v) is 8.24. The van der Waals surface area contributed by atoms with E-state index in [2.05, 4.69) is 16.6 Å². The Morgan fingerprint density at radius 2 is 2.26 bits per heavy atom. The zero-order chi connectivity index (χ0) is 13.9. The van der Waals surface area contributed by atoms with Gasteiger partial charge in [0.15, 0.2) is 5.03 Å². The molecule has 1 aromatic heterocycles. The SMILES string of the molecule is CCC1CCCC(NS(=O)(=O)c2ncccc2N)C1. The first-order chi connectivity index (χ1) is 9.03. The van der Waals surface area contributed by atoms with E-state index in [4.69, 9.17) is 5.73 Å². The van der Waals surface area contributed by atoms with Crippen molar-refractivity contribution in [1.29, 1.82) is 0 Å². The smallest absolute Gasteiger partial charge is 0.260 e. The van der Waals surface area contributed by atoms with Gasteiger partial charge in [-0.25, -0.2) is 18.1 Å². The predicted molar refractivity (Wildman–Crippen MR) is 75.0 cm³/mol. The molecule has 3 N–H and O–H groups in total. The molecule has 1 saturated carbocycles. The number of sulfonamides is 1. The summed E-state index contributed by atoms with van der Waals surface area (Å²) in [6, 6.07) is 3.18. The van der Waals surface area contributed by atoms with Crippen LogP contribution in [0.4, 0.5) is 5.69 Å². The molecule has 2 rings (SSSR count). The van der Waals surface area contributed by atoms with Crippen LogP contribution in [0.3, 0.4) is 0 Å². The number of rotatable bonds is 4. The number of nitrogens with two attached hydrogens (primary N) is 1. The summed E-state index contributed by atoms with van der Waals surface area (Å²) in [5.41, 5.74) is 5.88. The van der Waals surface area contributed by atoms with Gasteiger partial charge in [0.05, 0.1) is 5.69 Å². The van der Waals surface area contributed by atoms with Crippen LogP contribution in [-0.2, 0) is 10.0 Å². The fourth-order valence-electron chi connectivity index (χ4n) is 2.67. The van der Waals surface area contributed by atoms with Gasteiger partial charge < -0.3 is 5.73 Å². The van der Waals surface area contributed by atoms with Crippen LogP contribution < -0.4 is 10.5 Å². The normalized spacial score (nSPS) is 24.3. The summed E-state index contributed by atoms with van der Waals surface area (Å²) >= 11 is 0. The molecule has 2 unspecified atom stereocenters. The van der Waals surface area contributed by atoms with Crippen LogP contribution in [0.25, 0.3) is 0 Å². The number of nitrogens with one attached hydrogen (secondary N) is 1. The summed E-state index contributed by atoms with van der Waals surface area (Å²) in [5.74, 6) is 0.613. The Hall–Kier alpha value is -1.14. The van der Waals surface area contributed by atoms with Crippen molar-refractivity contribution >= 4 is 15.7 Å². The Balaban J connectivity index is 2.11. The van der Waals surface area contributed by atoms with Crippen LogP contribution in [0.1, 0.15) is 39.0 Å². The monoisotopic (exact) mass is 283 g/mol. The van der Waals surface area contributed by atoms with E-state index in [-0.39, 0.29) is 16.8 Å². The van der Waals surface area contributed by atoms with E-state index in [1.807, 2.05) is 0 Å². The zero-order valence-corrected chi connectivity index (χ0v) is 12.0. The Bertz CT molecular complexity index is 530. The number of hydrogen-bond donors (Lipinski definition) is 2. The van der Waals surface area contributed by atoms with Crippen molar-refractivity contribution in [3.05, 3.63) is 18.3 Å². The van der Waals surface area contributed by atoms with E-state index >= 15 is 0 Å². The van der Waals surface area contributed by atoms with Gasteiger partial charge in [0.2, 0.25) is 0 Å². The highest BCUT2D eigenvalue weighted by Gasteiger charge is 2.27. The molecule has 6 heteroatoms. The minimum Gasteiger partial charge on any atom is -0.396 e. The second-order valence-electron chi connectivity index (χ2n) is 5.16. The van der Waals surface area contributed by atoms with Crippen LogP contribution in [0, 0.1) is 5.92 Å². The largest absolute Gasteiger partial charge is 0.396 e. The maximum absolute atomic E-state index is 12.3. The highest BCUT2D eigenvalue weighted by molar-refractivity contribution is 7.89. The van der Waals surface area contributed by atoms with Gasteiger partial charge in [-0.05, 0) is 30.9 Å². The maximum atomic E-state index is 12.3. The highest BCUT2D eigenvalue weighted by Crippen LogP contribution is 2.27. The highest BCUT2D eigenvalue weighted by atomic mass is 32.2. The molecule has 1 heterocycles. The second-order valence-corrected chi connectivity index (χ2v) is 6.79. The zero-order valence-electron chi connectivity index (χ0n) is 11.2. The maximum Gasteiger partial charge on any atom is 0.260 e. The van der Waals surface area contributed by atoms with Gasteiger partial charge in [-0.2, -0.15) is 0 Å². The average molecular weight is 283 g/mol. The molecule has 19 heavy (non-hydrogen) atoms. The van der Waals surface area contributed by atoms with Gasteiger partial charge in [-0.3, -0.25) is 0 Å². The third-order valence-corrected chi connectivity index (χ3v) is 5.23. The van der Waals surface area contributed by atoms with E-state index in [1.54, 1.807) is 12.1 Å². The molecule has 1 fully saturated rings. The first kappa shape index (κ1) is 14.3. The van der Waals surface area contributed by atoms with Gasteiger partial charge in [-0.15, -0.1) is 0 Å². The number of pyridine rings is 1. The lowest BCUT2D eigenvalue weighted by Gasteiger charge is -2.28. The molecule has 1 aliphatic rings. The van der Waals surface area contributed by atoms with E-state index in [0.29, 0.717) is 5.92 Å². The molecular weight excluding hydrogens is 262 g/mol. The van der Waals surface area contributed by atoms with Gasteiger partial charge in [0.1, 0.15) is 0 Å². The number of aromatic nitrogens is 1. The van der Waals surface area contributed by atoms with Crippen molar-refractivity contribution in [2.75, 3.05) is 5.73 Å². The van der Waals surface area contributed by atoms with Crippen molar-refractivity contribution in [3.8, 4) is 0 Å². The fourth-order valence-corrected chi connectivity index (χ4v) is 4.01. The number of nitrogen functional groups attached to an aromatic ring is 1. The first-order valence-electron chi connectivity index (χ1n) is 6.75. The topological polar surface area (TPSA) is 85.1 Å². The number of hydrogen-bond acceptors (Lipinski definition) is 4. The van der Waals surface area contributed by atoms with E-state index in [0.717, 1.165) is 25.7 Å². The molecule has 0 bridgehead atoms. The van der Waals surface area contributed by atoms with Gasteiger partial charge >= 0.3 is 0 Å². The molecule has 0 saturated heterocycles. The van der Waals surface area contributed by atoms with E-state index < -0.39 is 10.0 Å². The van der Waals surface area contributed by atoms with Crippen molar-refractivity contribution < 1.29 is 8.42 Å². The van der Waals surface area contributed by atoms with Gasteiger partial charge in [0.25, 0.3) is 10.0 Å². The van der Waals surface area contributed by atoms with Crippen LogP contribution in [-0.4, -0.2) is 19.4 Å². The lowest BCUT2D eigenvalue weighted by molar-refractivity contribution is 0.301. The third kappa shape index (κ3) is 3.45. The van der Waals surface area contributed by atoms with Crippen molar-refractivity contribution in [3.63, 3.8) is 0 Å². The third-order valence-electron chi connectivity index (χ3n) is 3.74. The van der Waals surface area contributed by atoms with Gasteiger partial charge in [0, 0.05) is 12.2 Å². The molecule has 106 valence electrons. The van der Waals surface area contributed by atoms with Gasteiger partial charge in [-0.1, -0.05) is 26.2 Å². The molecule has 0 radical (unpaired) electrons. The summed E-state index contributed by atoms with van der Waals surface area (Å²) in [5, 5.41) is -0.0615. The van der Waals surface area contributed by atoms with E-state index in [9.17, 15) is 8.42 Å². The molecule has 0 spiro atoms. The summed E-state index contributed by atoms with van der Waals surface area (Å²) in [7, 11) is -3.61. The lowest BCUT2D eigenvalue weighted by atomic mass is 9.85. The summed E-state index contributed by atoms with van der Waals surface area (Å²) in [4.78, 5) is 3.88. The minimum absolute atomic E-state index is 0.00473. The summed E-state index contributed by atoms with van der Waals surface area (Å²) < 4.78 is 27.3. The lowest BCUT2D eigenvalue weighted by Crippen LogP contribution is -2.38. The fraction of sp³-hybridized carbons (Fsp3) is 0.615.